The van der Waals surface area contributed by atoms with E-state index in [2.05, 4.69) is 10.6 Å². The summed E-state index contributed by atoms with van der Waals surface area (Å²) in [6, 6.07) is 15.2. The van der Waals surface area contributed by atoms with Crippen molar-refractivity contribution in [2.45, 2.75) is 25.5 Å². The Morgan fingerprint density at radius 1 is 1.19 bits per heavy atom. The first-order valence-electron chi connectivity index (χ1n) is 9.21. The van der Waals surface area contributed by atoms with E-state index in [9.17, 15) is 4.79 Å². The molecule has 0 radical (unpaired) electrons. The first kappa shape index (κ1) is 19.0. The lowest BCUT2D eigenvalue weighted by Gasteiger charge is -2.13. The molecule has 6 heteroatoms. The number of carbonyl (C=O) groups is 1. The summed E-state index contributed by atoms with van der Waals surface area (Å²) < 4.78 is 16.5. The van der Waals surface area contributed by atoms with Gasteiger partial charge in [-0.1, -0.05) is 18.2 Å². The van der Waals surface area contributed by atoms with Gasteiger partial charge in [-0.2, -0.15) is 0 Å². The summed E-state index contributed by atoms with van der Waals surface area (Å²) in [6.07, 6.45) is 2.33. The monoisotopic (exact) mass is 370 g/mol. The summed E-state index contributed by atoms with van der Waals surface area (Å²) in [5, 5.41) is 6.02. The molecule has 1 heterocycles. The SMILES string of the molecule is COc1ccc(CNC(=O)CNc2cccc(OCC3CCCO3)c2)cc1. The molecule has 1 atom stereocenters. The van der Waals surface area contributed by atoms with Crippen LogP contribution >= 0.6 is 0 Å². The molecule has 1 saturated heterocycles. The minimum absolute atomic E-state index is 0.0727. The highest BCUT2D eigenvalue weighted by molar-refractivity contribution is 5.80. The molecular weight excluding hydrogens is 344 g/mol. The number of rotatable bonds is 9. The third kappa shape index (κ3) is 6.18. The van der Waals surface area contributed by atoms with Crippen LogP contribution in [0, 0.1) is 0 Å². The van der Waals surface area contributed by atoms with Crippen molar-refractivity contribution < 1.29 is 19.0 Å². The van der Waals surface area contributed by atoms with Crippen molar-refractivity contribution in [1.29, 1.82) is 0 Å². The van der Waals surface area contributed by atoms with Crippen molar-refractivity contribution in [3.05, 3.63) is 54.1 Å². The van der Waals surface area contributed by atoms with Gasteiger partial charge in [0, 0.05) is 24.9 Å². The van der Waals surface area contributed by atoms with Gasteiger partial charge < -0.3 is 24.8 Å². The number of benzene rings is 2. The molecule has 1 fully saturated rings. The molecule has 6 nitrogen and oxygen atoms in total. The molecular formula is C21H26N2O4. The first-order chi connectivity index (χ1) is 13.2. The lowest BCUT2D eigenvalue weighted by Crippen LogP contribution is -2.29. The van der Waals surface area contributed by atoms with Gasteiger partial charge in [-0.25, -0.2) is 0 Å². The van der Waals surface area contributed by atoms with Crippen molar-refractivity contribution >= 4 is 11.6 Å². The van der Waals surface area contributed by atoms with Crippen LogP contribution in [-0.2, 0) is 16.1 Å². The highest BCUT2D eigenvalue weighted by atomic mass is 16.5. The number of methoxy groups -OCH3 is 1. The summed E-state index contributed by atoms with van der Waals surface area (Å²) in [6.45, 7) is 2.06. The van der Waals surface area contributed by atoms with Gasteiger partial charge in [0.2, 0.25) is 5.91 Å². The van der Waals surface area contributed by atoms with Gasteiger partial charge in [-0.3, -0.25) is 4.79 Å². The molecule has 3 rings (SSSR count). The molecule has 144 valence electrons. The molecule has 0 aliphatic carbocycles. The van der Waals surface area contributed by atoms with Gasteiger partial charge in [0.1, 0.15) is 18.1 Å². The lowest BCUT2D eigenvalue weighted by molar-refractivity contribution is -0.119. The summed E-state index contributed by atoms with van der Waals surface area (Å²) in [5.41, 5.74) is 1.87. The maximum atomic E-state index is 12.1. The van der Waals surface area contributed by atoms with E-state index < -0.39 is 0 Å². The Morgan fingerprint density at radius 3 is 2.78 bits per heavy atom. The summed E-state index contributed by atoms with van der Waals surface area (Å²) in [7, 11) is 1.63. The van der Waals surface area contributed by atoms with Crippen molar-refractivity contribution in [2.75, 3.05) is 32.2 Å². The highest BCUT2D eigenvalue weighted by Crippen LogP contribution is 2.19. The molecule has 0 saturated carbocycles. The third-order valence-corrected chi connectivity index (χ3v) is 4.40. The molecule has 2 aromatic rings. The Bertz CT molecular complexity index is 727. The molecule has 1 unspecified atom stereocenters. The van der Waals surface area contributed by atoms with E-state index in [1.807, 2.05) is 48.5 Å². The molecule has 1 amide bonds. The topological polar surface area (TPSA) is 68.8 Å². The quantitative estimate of drug-likeness (QED) is 0.710. The van der Waals surface area contributed by atoms with E-state index in [1.54, 1.807) is 7.11 Å². The zero-order valence-electron chi connectivity index (χ0n) is 15.6. The Morgan fingerprint density at radius 2 is 2.04 bits per heavy atom. The van der Waals surface area contributed by atoms with E-state index in [1.165, 1.54) is 0 Å². The van der Waals surface area contributed by atoms with E-state index in [0.29, 0.717) is 13.2 Å². The summed E-state index contributed by atoms with van der Waals surface area (Å²) >= 11 is 0. The van der Waals surface area contributed by atoms with E-state index in [-0.39, 0.29) is 18.6 Å². The van der Waals surface area contributed by atoms with Crippen LogP contribution in [0.1, 0.15) is 18.4 Å². The summed E-state index contributed by atoms with van der Waals surface area (Å²) in [4.78, 5) is 12.1. The van der Waals surface area contributed by atoms with Gasteiger partial charge in [-0.15, -0.1) is 0 Å². The van der Waals surface area contributed by atoms with E-state index in [0.717, 1.165) is 42.2 Å². The molecule has 1 aliphatic heterocycles. The second kappa shape index (κ2) is 9.83. The Hall–Kier alpha value is -2.73. The van der Waals surface area contributed by atoms with Crippen LogP contribution < -0.4 is 20.1 Å². The maximum absolute atomic E-state index is 12.1. The van der Waals surface area contributed by atoms with Crippen LogP contribution in [0.3, 0.4) is 0 Å². The number of anilines is 1. The number of amides is 1. The van der Waals surface area contributed by atoms with Gasteiger partial charge in [0.05, 0.1) is 19.8 Å². The van der Waals surface area contributed by atoms with Crippen molar-refractivity contribution in [3.63, 3.8) is 0 Å². The second-order valence-corrected chi connectivity index (χ2v) is 6.45. The first-order valence-corrected chi connectivity index (χ1v) is 9.21. The number of ether oxygens (including phenoxy) is 3. The average molecular weight is 370 g/mol. The van der Waals surface area contributed by atoms with Crippen molar-refractivity contribution in [3.8, 4) is 11.5 Å². The molecule has 0 spiro atoms. The van der Waals surface area contributed by atoms with Gasteiger partial charge in [0.15, 0.2) is 0 Å². The fourth-order valence-electron chi connectivity index (χ4n) is 2.85. The van der Waals surface area contributed by atoms with Gasteiger partial charge in [0.25, 0.3) is 0 Å². The van der Waals surface area contributed by atoms with Crippen LogP contribution in [0.5, 0.6) is 11.5 Å². The average Bonchev–Trinajstić information content (AvgIpc) is 3.23. The predicted molar refractivity (Wildman–Crippen MR) is 104 cm³/mol. The van der Waals surface area contributed by atoms with Crippen LogP contribution in [0.15, 0.2) is 48.5 Å². The van der Waals surface area contributed by atoms with Crippen LogP contribution in [-0.4, -0.2) is 38.9 Å². The van der Waals surface area contributed by atoms with Gasteiger partial charge >= 0.3 is 0 Å². The largest absolute Gasteiger partial charge is 0.497 e. The van der Waals surface area contributed by atoms with Gasteiger partial charge in [-0.05, 0) is 42.7 Å². The zero-order chi connectivity index (χ0) is 18.9. The van der Waals surface area contributed by atoms with Crippen LogP contribution in [0.2, 0.25) is 0 Å². The number of hydrogen-bond donors (Lipinski definition) is 2. The number of carbonyl (C=O) groups excluding carboxylic acids is 1. The molecule has 1 aliphatic rings. The van der Waals surface area contributed by atoms with Crippen LogP contribution in [0.25, 0.3) is 0 Å². The standard InChI is InChI=1S/C21H26N2O4/c1-25-18-9-7-16(8-10-18)13-23-21(24)14-22-17-4-2-5-19(12-17)27-15-20-6-3-11-26-20/h2,4-5,7-10,12,20,22H,3,6,11,13-15H2,1H3,(H,23,24). The fraction of sp³-hybridized carbons (Fsp3) is 0.381. The lowest BCUT2D eigenvalue weighted by atomic mass is 10.2. The minimum Gasteiger partial charge on any atom is -0.497 e. The third-order valence-electron chi connectivity index (χ3n) is 4.40. The molecule has 2 N–H and O–H groups in total. The van der Waals surface area contributed by atoms with Crippen LogP contribution in [0.4, 0.5) is 5.69 Å². The molecule has 0 bridgehead atoms. The smallest absolute Gasteiger partial charge is 0.239 e. The molecule has 27 heavy (non-hydrogen) atoms. The minimum atomic E-state index is -0.0727. The van der Waals surface area contributed by atoms with Crippen molar-refractivity contribution in [1.82, 2.24) is 5.32 Å². The molecule has 2 aromatic carbocycles. The Labute approximate surface area is 159 Å². The maximum Gasteiger partial charge on any atom is 0.239 e. The van der Waals surface area contributed by atoms with Crippen molar-refractivity contribution in [2.24, 2.45) is 0 Å². The molecule has 0 aromatic heterocycles. The summed E-state index contributed by atoms with van der Waals surface area (Å²) in [5.74, 6) is 1.50. The zero-order valence-corrected chi connectivity index (χ0v) is 15.6. The normalized spacial score (nSPS) is 16.0. The van der Waals surface area contributed by atoms with E-state index in [4.69, 9.17) is 14.2 Å². The Balaban J connectivity index is 1.40. The Kier molecular flexibility index (Phi) is 6.93. The predicted octanol–water partition coefficient (Wildman–Crippen LogP) is 2.98. The highest BCUT2D eigenvalue weighted by Gasteiger charge is 2.16. The number of nitrogens with one attached hydrogen (secondary N) is 2. The fourth-order valence-corrected chi connectivity index (χ4v) is 2.85. The number of hydrogen-bond acceptors (Lipinski definition) is 5. The van der Waals surface area contributed by atoms with E-state index >= 15 is 0 Å². The second-order valence-electron chi connectivity index (χ2n) is 6.45.